The van der Waals surface area contributed by atoms with E-state index in [1.54, 1.807) is 30.3 Å². The summed E-state index contributed by atoms with van der Waals surface area (Å²) in [7, 11) is 0. The molecule has 1 heterocycles. The fourth-order valence-electron chi connectivity index (χ4n) is 2.76. The van der Waals surface area contributed by atoms with Crippen molar-refractivity contribution in [2.75, 3.05) is 19.7 Å². The Bertz CT molecular complexity index is 700. The monoisotopic (exact) mass is 355 g/mol. The maximum absolute atomic E-state index is 14.1. The predicted molar refractivity (Wildman–Crippen MR) is 83.8 cm³/mol. The van der Waals surface area contributed by atoms with E-state index in [4.69, 9.17) is 9.47 Å². The van der Waals surface area contributed by atoms with Crippen LogP contribution >= 0.6 is 0 Å². The lowest BCUT2D eigenvalue weighted by Crippen LogP contribution is -2.43. The quantitative estimate of drug-likeness (QED) is 0.843. The van der Waals surface area contributed by atoms with Crippen molar-refractivity contribution in [2.24, 2.45) is 0 Å². The molecule has 7 heteroatoms. The van der Waals surface area contributed by atoms with Gasteiger partial charge in [0.15, 0.2) is 17.7 Å². The lowest BCUT2D eigenvalue weighted by Gasteiger charge is -2.32. The molecule has 1 fully saturated rings. The van der Waals surface area contributed by atoms with E-state index in [0.29, 0.717) is 25.3 Å². The maximum Gasteiger partial charge on any atom is 0.420 e. The first kappa shape index (κ1) is 17.7. The lowest BCUT2D eigenvalue weighted by molar-refractivity contribution is -0.140. The summed E-state index contributed by atoms with van der Waals surface area (Å²) in [6.45, 7) is 1.45. The third-order valence-corrected chi connectivity index (χ3v) is 3.94. The molecular weight excluding hydrogens is 338 g/mol. The van der Waals surface area contributed by atoms with Crippen molar-refractivity contribution in [3.05, 3.63) is 65.5 Å². The van der Waals surface area contributed by atoms with Crippen LogP contribution in [0, 0.1) is 5.82 Å². The minimum Gasteiger partial charge on any atom is -0.479 e. The molecule has 0 aliphatic carbocycles. The van der Waals surface area contributed by atoms with Crippen LogP contribution in [0.4, 0.5) is 17.6 Å². The molecule has 0 saturated carbocycles. The second-order valence-corrected chi connectivity index (χ2v) is 5.68. The first-order valence-electron chi connectivity index (χ1n) is 7.86. The first-order valence-corrected chi connectivity index (χ1v) is 7.86. The highest BCUT2D eigenvalue weighted by atomic mass is 19.4. The van der Waals surface area contributed by atoms with Crippen LogP contribution in [0.5, 0.6) is 5.75 Å². The van der Waals surface area contributed by atoms with E-state index < -0.39 is 35.5 Å². The van der Waals surface area contributed by atoms with Gasteiger partial charge in [0, 0.05) is 13.1 Å². The largest absolute Gasteiger partial charge is 0.479 e. The molecule has 2 aromatic rings. The zero-order chi connectivity index (χ0) is 17.9. The number of morpholine rings is 1. The van der Waals surface area contributed by atoms with Crippen LogP contribution in [0.2, 0.25) is 0 Å². The molecule has 0 bridgehead atoms. The van der Waals surface area contributed by atoms with E-state index in [1.807, 2.05) is 0 Å². The average molecular weight is 355 g/mol. The number of halogens is 4. The number of nitrogens with one attached hydrogen (secondary N) is 1. The van der Waals surface area contributed by atoms with Crippen LogP contribution in [-0.4, -0.2) is 25.8 Å². The normalized spacial score (nSPS) is 19.4. The lowest BCUT2D eigenvalue weighted by atomic mass is 10.0. The SMILES string of the molecule is Fc1cccc(C(F)(F)F)c1OC(c1ccccc1)C1CNCCO1. The van der Waals surface area contributed by atoms with Gasteiger partial charge < -0.3 is 14.8 Å². The Morgan fingerprint density at radius 1 is 1.08 bits per heavy atom. The van der Waals surface area contributed by atoms with E-state index in [2.05, 4.69) is 5.32 Å². The molecule has 2 atom stereocenters. The van der Waals surface area contributed by atoms with Gasteiger partial charge in [-0.2, -0.15) is 13.2 Å². The van der Waals surface area contributed by atoms with E-state index in [-0.39, 0.29) is 0 Å². The van der Waals surface area contributed by atoms with Gasteiger partial charge in [-0.25, -0.2) is 4.39 Å². The van der Waals surface area contributed by atoms with Crippen molar-refractivity contribution < 1.29 is 27.0 Å². The van der Waals surface area contributed by atoms with Crippen LogP contribution in [0.25, 0.3) is 0 Å². The zero-order valence-electron chi connectivity index (χ0n) is 13.2. The standard InChI is InChI=1S/C18H17F4NO2/c19-14-8-4-7-13(18(20,21)22)17(14)25-16(12-5-2-1-3-6-12)15-11-23-9-10-24-15/h1-8,15-16,23H,9-11H2. The Balaban J connectivity index is 1.99. The van der Waals surface area contributed by atoms with Gasteiger partial charge in [-0.3, -0.25) is 0 Å². The summed E-state index contributed by atoms with van der Waals surface area (Å²) >= 11 is 0. The summed E-state index contributed by atoms with van der Waals surface area (Å²) in [5.41, 5.74) is -0.523. The Hall–Kier alpha value is -2.12. The number of ether oxygens (including phenoxy) is 2. The maximum atomic E-state index is 14.1. The summed E-state index contributed by atoms with van der Waals surface area (Å²) in [6.07, 6.45) is -6.12. The van der Waals surface area contributed by atoms with Crippen LogP contribution in [0.3, 0.4) is 0 Å². The predicted octanol–water partition coefficient (Wildman–Crippen LogP) is 3.95. The van der Waals surface area contributed by atoms with Crippen molar-refractivity contribution >= 4 is 0 Å². The van der Waals surface area contributed by atoms with Crippen LogP contribution in [-0.2, 0) is 10.9 Å². The number of benzene rings is 2. The molecule has 3 nitrogen and oxygen atoms in total. The molecule has 1 aliphatic heterocycles. The Kier molecular flexibility index (Phi) is 5.24. The molecule has 1 N–H and O–H groups in total. The second-order valence-electron chi connectivity index (χ2n) is 5.68. The molecule has 2 unspecified atom stereocenters. The summed E-state index contributed by atoms with van der Waals surface area (Å²) < 4.78 is 65.1. The number of alkyl halides is 3. The fourth-order valence-corrected chi connectivity index (χ4v) is 2.76. The minimum absolute atomic E-state index is 0.398. The average Bonchev–Trinajstić information content (AvgIpc) is 2.61. The molecular formula is C18H17F4NO2. The molecule has 0 radical (unpaired) electrons. The number of rotatable bonds is 4. The van der Waals surface area contributed by atoms with Gasteiger partial charge in [0.25, 0.3) is 0 Å². The van der Waals surface area contributed by atoms with Gasteiger partial charge >= 0.3 is 6.18 Å². The summed E-state index contributed by atoms with van der Waals surface area (Å²) in [4.78, 5) is 0. The van der Waals surface area contributed by atoms with Gasteiger partial charge in [-0.05, 0) is 17.7 Å². The topological polar surface area (TPSA) is 30.5 Å². The molecule has 25 heavy (non-hydrogen) atoms. The summed E-state index contributed by atoms with van der Waals surface area (Å²) in [5, 5.41) is 3.11. The molecule has 134 valence electrons. The van der Waals surface area contributed by atoms with Crippen molar-refractivity contribution in [1.29, 1.82) is 0 Å². The van der Waals surface area contributed by atoms with E-state index in [9.17, 15) is 17.6 Å². The highest BCUT2D eigenvalue weighted by Gasteiger charge is 2.38. The van der Waals surface area contributed by atoms with Gasteiger partial charge in [-0.1, -0.05) is 36.4 Å². The fraction of sp³-hybridized carbons (Fsp3) is 0.333. The Morgan fingerprint density at radius 2 is 1.84 bits per heavy atom. The number of hydrogen-bond acceptors (Lipinski definition) is 3. The highest BCUT2D eigenvalue weighted by Crippen LogP contribution is 2.40. The van der Waals surface area contributed by atoms with Gasteiger partial charge in [0.05, 0.1) is 6.61 Å². The minimum atomic E-state index is -4.72. The second kappa shape index (κ2) is 7.41. The van der Waals surface area contributed by atoms with Crippen molar-refractivity contribution in [1.82, 2.24) is 5.32 Å². The van der Waals surface area contributed by atoms with Crippen molar-refractivity contribution in [2.45, 2.75) is 18.4 Å². The van der Waals surface area contributed by atoms with Crippen molar-refractivity contribution in [3.8, 4) is 5.75 Å². The molecule has 2 aromatic carbocycles. The molecule has 3 rings (SSSR count). The molecule has 0 amide bonds. The van der Waals surface area contributed by atoms with Crippen LogP contribution in [0.1, 0.15) is 17.2 Å². The Morgan fingerprint density at radius 3 is 2.48 bits per heavy atom. The zero-order valence-corrected chi connectivity index (χ0v) is 13.2. The third-order valence-electron chi connectivity index (χ3n) is 3.94. The Labute approximate surface area is 142 Å². The molecule has 0 aromatic heterocycles. The first-order chi connectivity index (χ1) is 12.0. The van der Waals surface area contributed by atoms with E-state index in [1.165, 1.54) is 0 Å². The van der Waals surface area contributed by atoms with Gasteiger partial charge in [0.1, 0.15) is 11.7 Å². The van der Waals surface area contributed by atoms with E-state index >= 15 is 0 Å². The third kappa shape index (κ3) is 4.11. The van der Waals surface area contributed by atoms with Crippen LogP contribution < -0.4 is 10.1 Å². The van der Waals surface area contributed by atoms with E-state index in [0.717, 1.165) is 18.2 Å². The molecule has 0 spiro atoms. The molecule has 1 saturated heterocycles. The highest BCUT2D eigenvalue weighted by molar-refractivity contribution is 5.38. The molecule has 1 aliphatic rings. The van der Waals surface area contributed by atoms with Gasteiger partial charge in [-0.15, -0.1) is 0 Å². The van der Waals surface area contributed by atoms with Gasteiger partial charge in [0.2, 0.25) is 0 Å². The summed E-state index contributed by atoms with van der Waals surface area (Å²) in [6, 6.07) is 11.5. The number of hydrogen-bond donors (Lipinski definition) is 1. The smallest absolute Gasteiger partial charge is 0.420 e. The van der Waals surface area contributed by atoms with Crippen LogP contribution in [0.15, 0.2) is 48.5 Å². The van der Waals surface area contributed by atoms with Crippen molar-refractivity contribution in [3.63, 3.8) is 0 Å². The number of para-hydroxylation sites is 1. The summed E-state index contributed by atoms with van der Waals surface area (Å²) in [5.74, 6) is -1.86.